The molecule has 0 spiro atoms. The van der Waals surface area contributed by atoms with Gasteiger partial charge in [0, 0.05) is 26.2 Å². The van der Waals surface area contributed by atoms with Gasteiger partial charge in [-0.3, -0.25) is 0 Å². The standard InChI is InChI=1S/C15H26N2O/c1-5-15(12-18-4)16-10-13-8-6-7-9-14(13)11-17(2)3/h6-9,15-16H,5,10-12H2,1-4H3. The highest BCUT2D eigenvalue weighted by Gasteiger charge is 2.07. The van der Waals surface area contributed by atoms with Gasteiger partial charge in [-0.05, 0) is 31.6 Å². The average Bonchev–Trinajstić information content (AvgIpc) is 2.35. The molecule has 0 bridgehead atoms. The molecule has 3 nitrogen and oxygen atoms in total. The summed E-state index contributed by atoms with van der Waals surface area (Å²) in [6.45, 7) is 4.85. The van der Waals surface area contributed by atoms with Crippen molar-refractivity contribution < 1.29 is 4.74 Å². The second-order valence-electron chi connectivity index (χ2n) is 4.95. The topological polar surface area (TPSA) is 24.5 Å². The lowest BCUT2D eigenvalue weighted by Crippen LogP contribution is -2.32. The molecule has 0 radical (unpaired) electrons. The van der Waals surface area contributed by atoms with E-state index >= 15 is 0 Å². The van der Waals surface area contributed by atoms with Crippen LogP contribution < -0.4 is 5.32 Å². The quantitative estimate of drug-likeness (QED) is 0.766. The molecule has 0 saturated carbocycles. The number of hydrogen-bond donors (Lipinski definition) is 1. The second kappa shape index (κ2) is 8.25. The maximum absolute atomic E-state index is 5.21. The molecule has 1 aromatic rings. The van der Waals surface area contributed by atoms with Crippen LogP contribution in [0.4, 0.5) is 0 Å². The Morgan fingerprint density at radius 1 is 1.22 bits per heavy atom. The molecule has 18 heavy (non-hydrogen) atoms. The normalized spacial score (nSPS) is 12.9. The molecule has 3 heteroatoms. The summed E-state index contributed by atoms with van der Waals surface area (Å²) in [6, 6.07) is 9.05. The number of ether oxygens (including phenoxy) is 1. The lowest BCUT2D eigenvalue weighted by atomic mass is 10.1. The number of nitrogens with zero attached hydrogens (tertiary/aromatic N) is 1. The second-order valence-corrected chi connectivity index (χ2v) is 4.95. The lowest BCUT2D eigenvalue weighted by molar-refractivity contribution is 0.163. The van der Waals surface area contributed by atoms with Crippen molar-refractivity contribution in [1.29, 1.82) is 0 Å². The molecule has 102 valence electrons. The van der Waals surface area contributed by atoms with Crippen LogP contribution >= 0.6 is 0 Å². The Hall–Kier alpha value is -0.900. The number of benzene rings is 1. The fourth-order valence-corrected chi connectivity index (χ4v) is 2.00. The number of nitrogens with one attached hydrogen (secondary N) is 1. The molecular formula is C15H26N2O. The van der Waals surface area contributed by atoms with Gasteiger partial charge in [-0.25, -0.2) is 0 Å². The zero-order chi connectivity index (χ0) is 13.4. The van der Waals surface area contributed by atoms with Gasteiger partial charge in [-0.2, -0.15) is 0 Å². The van der Waals surface area contributed by atoms with E-state index in [1.807, 2.05) is 0 Å². The predicted octanol–water partition coefficient (Wildman–Crippen LogP) is 2.26. The molecule has 1 atom stereocenters. The zero-order valence-corrected chi connectivity index (χ0v) is 12.1. The van der Waals surface area contributed by atoms with E-state index in [0.717, 1.165) is 26.1 Å². The van der Waals surface area contributed by atoms with Gasteiger partial charge in [0.15, 0.2) is 0 Å². The summed E-state index contributed by atoms with van der Waals surface area (Å²) in [5, 5.41) is 3.56. The SMILES string of the molecule is CCC(COC)NCc1ccccc1CN(C)C. The number of methoxy groups -OCH3 is 1. The fourth-order valence-electron chi connectivity index (χ4n) is 2.00. The third-order valence-electron chi connectivity index (χ3n) is 3.05. The van der Waals surface area contributed by atoms with E-state index < -0.39 is 0 Å². The molecule has 0 fully saturated rings. The average molecular weight is 250 g/mol. The van der Waals surface area contributed by atoms with E-state index in [1.165, 1.54) is 11.1 Å². The highest BCUT2D eigenvalue weighted by Crippen LogP contribution is 2.10. The first-order valence-electron chi connectivity index (χ1n) is 6.61. The Bertz CT molecular complexity index is 339. The summed E-state index contributed by atoms with van der Waals surface area (Å²) >= 11 is 0. The first-order valence-corrected chi connectivity index (χ1v) is 6.61. The zero-order valence-electron chi connectivity index (χ0n) is 12.1. The molecule has 1 unspecified atom stereocenters. The van der Waals surface area contributed by atoms with Crippen molar-refractivity contribution in [3.63, 3.8) is 0 Å². The van der Waals surface area contributed by atoms with Gasteiger partial charge in [0.25, 0.3) is 0 Å². The predicted molar refractivity (Wildman–Crippen MR) is 76.6 cm³/mol. The smallest absolute Gasteiger partial charge is 0.0615 e. The van der Waals surface area contributed by atoms with Gasteiger partial charge in [0.2, 0.25) is 0 Å². The molecule has 0 aliphatic rings. The van der Waals surface area contributed by atoms with Crippen LogP contribution in [0.25, 0.3) is 0 Å². The van der Waals surface area contributed by atoms with Crippen LogP contribution in [-0.4, -0.2) is 38.8 Å². The van der Waals surface area contributed by atoms with Gasteiger partial charge < -0.3 is 15.0 Å². The van der Waals surface area contributed by atoms with E-state index in [9.17, 15) is 0 Å². The van der Waals surface area contributed by atoms with Crippen LogP contribution in [0.3, 0.4) is 0 Å². The maximum atomic E-state index is 5.21. The van der Waals surface area contributed by atoms with Crippen molar-refractivity contribution in [3.8, 4) is 0 Å². The van der Waals surface area contributed by atoms with E-state index in [1.54, 1.807) is 7.11 Å². The fraction of sp³-hybridized carbons (Fsp3) is 0.600. The Labute approximate surface area is 111 Å². The van der Waals surface area contributed by atoms with E-state index in [0.29, 0.717) is 6.04 Å². The van der Waals surface area contributed by atoms with Gasteiger partial charge >= 0.3 is 0 Å². The lowest BCUT2D eigenvalue weighted by Gasteiger charge is -2.18. The van der Waals surface area contributed by atoms with E-state index in [4.69, 9.17) is 4.74 Å². The minimum atomic E-state index is 0.433. The van der Waals surface area contributed by atoms with E-state index in [-0.39, 0.29) is 0 Å². The van der Waals surface area contributed by atoms with Gasteiger partial charge in [0.05, 0.1) is 6.61 Å². The number of rotatable bonds is 8. The van der Waals surface area contributed by atoms with E-state index in [2.05, 4.69) is 55.5 Å². The van der Waals surface area contributed by atoms with Crippen molar-refractivity contribution in [1.82, 2.24) is 10.2 Å². The maximum Gasteiger partial charge on any atom is 0.0615 e. The van der Waals surface area contributed by atoms with Gasteiger partial charge in [0.1, 0.15) is 0 Å². The Morgan fingerprint density at radius 2 is 1.89 bits per heavy atom. The summed E-state index contributed by atoms with van der Waals surface area (Å²) in [4.78, 5) is 2.20. The monoisotopic (exact) mass is 250 g/mol. The summed E-state index contributed by atoms with van der Waals surface area (Å²) in [6.07, 6.45) is 1.09. The summed E-state index contributed by atoms with van der Waals surface area (Å²) in [5.41, 5.74) is 2.77. The molecule has 0 aromatic heterocycles. The summed E-state index contributed by atoms with van der Waals surface area (Å²) in [7, 11) is 5.96. The van der Waals surface area contributed by atoms with Crippen molar-refractivity contribution >= 4 is 0 Å². The molecule has 0 saturated heterocycles. The summed E-state index contributed by atoms with van der Waals surface area (Å²) in [5.74, 6) is 0. The number of hydrogen-bond acceptors (Lipinski definition) is 3. The van der Waals surface area contributed by atoms with Crippen LogP contribution in [0.1, 0.15) is 24.5 Å². The first-order chi connectivity index (χ1) is 8.67. The molecule has 1 N–H and O–H groups in total. The van der Waals surface area contributed by atoms with Crippen LogP contribution in [0.5, 0.6) is 0 Å². The highest BCUT2D eigenvalue weighted by atomic mass is 16.5. The van der Waals surface area contributed by atoms with Crippen LogP contribution in [0.2, 0.25) is 0 Å². The third-order valence-corrected chi connectivity index (χ3v) is 3.05. The molecular weight excluding hydrogens is 224 g/mol. The van der Waals surface area contributed by atoms with Crippen LogP contribution in [0.15, 0.2) is 24.3 Å². The Balaban J connectivity index is 2.60. The Kier molecular flexibility index (Phi) is 6.94. The third kappa shape index (κ3) is 5.17. The van der Waals surface area contributed by atoms with Crippen molar-refractivity contribution in [3.05, 3.63) is 35.4 Å². The summed E-state index contributed by atoms with van der Waals surface area (Å²) < 4.78 is 5.21. The first kappa shape index (κ1) is 15.2. The molecule has 1 rings (SSSR count). The minimum Gasteiger partial charge on any atom is -0.383 e. The highest BCUT2D eigenvalue weighted by molar-refractivity contribution is 5.26. The van der Waals surface area contributed by atoms with Crippen LogP contribution in [-0.2, 0) is 17.8 Å². The molecule has 1 aromatic carbocycles. The van der Waals surface area contributed by atoms with Gasteiger partial charge in [-0.15, -0.1) is 0 Å². The molecule has 0 heterocycles. The van der Waals surface area contributed by atoms with Crippen molar-refractivity contribution in [2.45, 2.75) is 32.5 Å². The molecule has 0 aliphatic heterocycles. The molecule has 0 amide bonds. The largest absolute Gasteiger partial charge is 0.383 e. The van der Waals surface area contributed by atoms with Gasteiger partial charge in [-0.1, -0.05) is 31.2 Å². The van der Waals surface area contributed by atoms with Crippen molar-refractivity contribution in [2.75, 3.05) is 27.8 Å². The Morgan fingerprint density at radius 3 is 2.44 bits per heavy atom. The molecule has 0 aliphatic carbocycles. The van der Waals surface area contributed by atoms with Crippen LogP contribution in [0, 0.1) is 0 Å². The van der Waals surface area contributed by atoms with Crippen molar-refractivity contribution in [2.24, 2.45) is 0 Å². The minimum absolute atomic E-state index is 0.433.